The van der Waals surface area contributed by atoms with E-state index in [0.29, 0.717) is 17.7 Å². The number of halogens is 1. The second-order valence-corrected chi connectivity index (χ2v) is 10.2. The second-order valence-electron chi connectivity index (χ2n) is 7.53. The number of amides is 1. The molecule has 1 amide bonds. The van der Waals surface area contributed by atoms with Crippen molar-refractivity contribution >= 4 is 33.0 Å². The Morgan fingerprint density at radius 3 is 2.58 bits per heavy atom. The van der Waals surface area contributed by atoms with Gasteiger partial charge < -0.3 is 4.90 Å². The summed E-state index contributed by atoms with van der Waals surface area (Å²) in [6, 6.07) is 15.4. The van der Waals surface area contributed by atoms with Gasteiger partial charge in [-0.3, -0.25) is 9.52 Å². The van der Waals surface area contributed by atoms with Crippen molar-refractivity contribution in [2.24, 2.45) is 0 Å². The third kappa shape index (κ3) is 3.98. The average Bonchev–Trinajstić information content (AvgIpc) is 3.41. The number of carbonyl (C=O) groups is 1. The van der Waals surface area contributed by atoms with E-state index in [-0.39, 0.29) is 16.6 Å². The number of anilines is 1. The SMILES string of the molecule is CN1Cc2cc(-c3ccc(-c4cnc(F)c(NS(=O)(=O)c5ccccn5)c4)s3)ccc2C1=O. The monoisotopic (exact) mass is 480 g/mol. The fourth-order valence-electron chi connectivity index (χ4n) is 3.63. The van der Waals surface area contributed by atoms with Crippen LogP contribution in [0.1, 0.15) is 15.9 Å². The van der Waals surface area contributed by atoms with Crippen molar-refractivity contribution in [1.29, 1.82) is 0 Å². The molecule has 0 saturated heterocycles. The van der Waals surface area contributed by atoms with Gasteiger partial charge in [-0.1, -0.05) is 12.1 Å². The Balaban J connectivity index is 1.44. The van der Waals surface area contributed by atoms with Crippen LogP contribution < -0.4 is 4.72 Å². The van der Waals surface area contributed by atoms with Gasteiger partial charge in [-0.2, -0.15) is 12.8 Å². The number of aromatic nitrogens is 2. The molecule has 1 aliphatic rings. The topological polar surface area (TPSA) is 92.3 Å². The zero-order valence-corrected chi connectivity index (χ0v) is 19.0. The number of thiophene rings is 1. The first-order valence-corrected chi connectivity index (χ1v) is 12.2. The molecule has 0 aliphatic carbocycles. The van der Waals surface area contributed by atoms with Crippen LogP contribution in [-0.2, 0) is 16.6 Å². The normalized spacial score (nSPS) is 13.3. The van der Waals surface area contributed by atoms with E-state index in [1.807, 2.05) is 30.3 Å². The van der Waals surface area contributed by atoms with Gasteiger partial charge in [-0.25, -0.2) is 9.97 Å². The lowest BCUT2D eigenvalue weighted by Gasteiger charge is -2.09. The summed E-state index contributed by atoms with van der Waals surface area (Å²) < 4.78 is 41.6. The molecule has 0 unspecified atom stereocenters. The van der Waals surface area contributed by atoms with E-state index < -0.39 is 16.0 Å². The average molecular weight is 481 g/mol. The number of fused-ring (bicyclic) bond motifs is 1. The first-order chi connectivity index (χ1) is 15.8. The molecule has 7 nitrogen and oxygen atoms in total. The van der Waals surface area contributed by atoms with Crippen molar-refractivity contribution in [3.8, 4) is 20.9 Å². The van der Waals surface area contributed by atoms with E-state index in [1.54, 1.807) is 18.0 Å². The summed E-state index contributed by atoms with van der Waals surface area (Å²) in [5, 5.41) is -0.214. The van der Waals surface area contributed by atoms with E-state index in [4.69, 9.17) is 0 Å². The Hall–Kier alpha value is -3.63. The number of hydrogen-bond donors (Lipinski definition) is 1. The summed E-state index contributed by atoms with van der Waals surface area (Å²) in [4.78, 5) is 23.1. The van der Waals surface area contributed by atoms with Gasteiger partial charge in [0.2, 0.25) is 5.95 Å². The number of hydrogen-bond acceptors (Lipinski definition) is 6. The summed E-state index contributed by atoms with van der Waals surface area (Å²) in [5.41, 5.74) is 2.98. The van der Waals surface area contributed by atoms with Gasteiger partial charge >= 0.3 is 0 Å². The van der Waals surface area contributed by atoms with Crippen LogP contribution in [-0.4, -0.2) is 36.2 Å². The molecule has 166 valence electrons. The summed E-state index contributed by atoms with van der Waals surface area (Å²) in [6.07, 6.45) is 2.71. The summed E-state index contributed by atoms with van der Waals surface area (Å²) in [7, 11) is -2.29. The third-order valence-corrected chi connectivity index (χ3v) is 7.73. The van der Waals surface area contributed by atoms with Crippen molar-refractivity contribution in [3.63, 3.8) is 0 Å². The highest BCUT2D eigenvalue weighted by Gasteiger charge is 2.24. The van der Waals surface area contributed by atoms with Crippen molar-refractivity contribution in [1.82, 2.24) is 14.9 Å². The maximum absolute atomic E-state index is 14.3. The van der Waals surface area contributed by atoms with Gasteiger partial charge in [0, 0.05) is 46.9 Å². The largest absolute Gasteiger partial charge is 0.337 e. The molecule has 0 radical (unpaired) electrons. The highest BCUT2D eigenvalue weighted by molar-refractivity contribution is 7.92. The van der Waals surface area contributed by atoms with Crippen LogP contribution in [0, 0.1) is 5.95 Å². The van der Waals surface area contributed by atoms with Crippen molar-refractivity contribution in [2.45, 2.75) is 11.6 Å². The minimum absolute atomic E-state index is 0.0153. The summed E-state index contributed by atoms with van der Waals surface area (Å²) >= 11 is 1.46. The Bertz CT molecular complexity index is 1490. The van der Waals surface area contributed by atoms with E-state index >= 15 is 0 Å². The molecular formula is C23H17FN4O3S2. The molecule has 0 bridgehead atoms. The maximum atomic E-state index is 14.3. The third-order valence-electron chi connectivity index (χ3n) is 5.26. The lowest BCUT2D eigenvalue weighted by atomic mass is 10.1. The maximum Gasteiger partial charge on any atom is 0.279 e. The predicted molar refractivity (Wildman–Crippen MR) is 124 cm³/mol. The van der Waals surface area contributed by atoms with E-state index in [9.17, 15) is 17.6 Å². The molecule has 1 aliphatic heterocycles. The molecule has 0 fully saturated rings. The molecule has 3 aromatic heterocycles. The smallest absolute Gasteiger partial charge is 0.279 e. The molecule has 10 heteroatoms. The predicted octanol–water partition coefficient (Wildman–Crippen LogP) is 4.40. The minimum Gasteiger partial charge on any atom is -0.337 e. The summed E-state index contributed by atoms with van der Waals surface area (Å²) in [5.74, 6) is -0.913. The standard InChI is InChI=1S/C23H17FN4O3S2/c1-28-13-16-10-14(5-6-17(16)23(28)29)19-7-8-20(32-19)15-11-18(22(24)26-12-15)27-33(30,31)21-4-2-3-9-25-21/h2-12,27H,13H2,1H3. The van der Waals surface area contributed by atoms with Crippen LogP contribution in [0.4, 0.5) is 10.1 Å². The molecule has 4 aromatic rings. The number of carbonyl (C=O) groups excluding carboxylic acids is 1. The Labute approximate surface area is 193 Å². The Kier molecular flexibility index (Phi) is 5.18. The minimum atomic E-state index is -4.06. The van der Waals surface area contributed by atoms with Gasteiger partial charge in [-0.15, -0.1) is 11.3 Å². The molecule has 1 aromatic carbocycles. The zero-order chi connectivity index (χ0) is 23.2. The zero-order valence-electron chi connectivity index (χ0n) is 17.3. The number of rotatable bonds is 5. The molecule has 0 spiro atoms. The van der Waals surface area contributed by atoms with Crippen LogP contribution >= 0.6 is 11.3 Å². The van der Waals surface area contributed by atoms with E-state index in [2.05, 4.69) is 14.7 Å². The van der Waals surface area contributed by atoms with Crippen molar-refractivity contribution < 1.29 is 17.6 Å². The van der Waals surface area contributed by atoms with Crippen molar-refractivity contribution in [3.05, 3.63) is 84.1 Å². The lowest BCUT2D eigenvalue weighted by molar-refractivity contribution is 0.0816. The molecule has 0 atom stereocenters. The molecule has 4 heterocycles. The Morgan fingerprint density at radius 1 is 1.03 bits per heavy atom. The first-order valence-electron chi connectivity index (χ1n) is 9.90. The Morgan fingerprint density at radius 2 is 1.82 bits per heavy atom. The quantitative estimate of drug-likeness (QED) is 0.428. The van der Waals surface area contributed by atoms with Crippen molar-refractivity contribution in [2.75, 3.05) is 11.8 Å². The lowest BCUT2D eigenvalue weighted by Crippen LogP contribution is -2.17. The van der Waals surface area contributed by atoms with Crippen LogP contribution in [0.5, 0.6) is 0 Å². The van der Waals surface area contributed by atoms with E-state index in [0.717, 1.165) is 20.9 Å². The summed E-state index contributed by atoms with van der Waals surface area (Å²) in [6.45, 7) is 0.571. The number of benzene rings is 1. The van der Waals surface area contributed by atoms with Crippen LogP contribution in [0.15, 0.2) is 72.0 Å². The molecule has 5 rings (SSSR count). The highest BCUT2D eigenvalue weighted by atomic mass is 32.2. The fourth-order valence-corrected chi connectivity index (χ4v) is 5.60. The molecule has 1 N–H and O–H groups in total. The van der Waals surface area contributed by atoms with Crippen LogP contribution in [0.25, 0.3) is 20.9 Å². The fraction of sp³-hybridized carbons (Fsp3) is 0.0870. The first kappa shape index (κ1) is 21.2. The molecule has 0 saturated carbocycles. The number of sulfonamides is 1. The van der Waals surface area contributed by atoms with Crippen LogP contribution in [0.3, 0.4) is 0 Å². The number of nitrogens with one attached hydrogen (secondary N) is 1. The number of pyridine rings is 2. The highest BCUT2D eigenvalue weighted by Crippen LogP contribution is 2.37. The molecule has 33 heavy (non-hydrogen) atoms. The van der Waals surface area contributed by atoms with Crippen LogP contribution in [0.2, 0.25) is 0 Å². The van der Waals surface area contributed by atoms with Gasteiger partial charge in [0.15, 0.2) is 5.03 Å². The van der Waals surface area contributed by atoms with Gasteiger partial charge in [-0.05, 0) is 53.6 Å². The number of nitrogens with zero attached hydrogens (tertiary/aromatic N) is 3. The molecular weight excluding hydrogens is 463 g/mol. The van der Waals surface area contributed by atoms with Gasteiger partial charge in [0.25, 0.3) is 15.9 Å². The van der Waals surface area contributed by atoms with Gasteiger partial charge in [0.1, 0.15) is 5.69 Å². The van der Waals surface area contributed by atoms with E-state index in [1.165, 1.54) is 41.9 Å². The second kappa shape index (κ2) is 8.05. The van der Waals surface area contributed by atoms with Gasteiger partial charge in [0.05, 0.1) is 0 Å².